The second-order valence-corrected chi connectivity index (χ2v) is 8.23. The molecule has 0 radical (unpaired) electrons. The van der Waals surface area contributed by atoms with Crippen LogP contribution in [0.4, 0.5) is 0 Å². The van der Waals surface area contributed by atoms with Crippen molar-refractivity contribution in [2.75, 3.05) is 20.7 Å². The molecule has 1 aliphatic rings. The first kappa shape index (κ1) is 11.5. The van der Waals surface area contributed by atoms with Gasteiger partial charge in [-0.05, 0) is 34.5 Å². The van der Waals surface area contributed by atoms with Crippen molar-refractivity contribution in [3.8, 4) is 6.01 Å². The highest BCUT2D eigenvalue weighted by Crippen LogP contribution is 2.36. The minimum absolute atomic E-state index is 0.287. The number of ether oxygens (including phenoxy) is 1. The van der Waals surface area contributed by atoms with E-state index in [1.807, 2.05) is 0 Å². The number of hydrogen-bond donors (Lipinski definition) is 0. The van der Waals surface area contributed by atoms with Crippen LogP contribution in [-0.4, -0.2) is 60.7 Å². The van der Waals surface area contributed by atoms with Gasteiger partial charge in [-0.25, -0.2) is 4.98 Å². The largest absolute Gasteiger partial charge is 0.516 e. The van der Waals surface area contributed by atoms with Gasteiger partial charge in [-0.15, -0.1) is 0 Å². The third-order valence-corrected chi connectivity index (χ3v) is 5.55. The molecule has 1 aliphatic heterocycles. The van der Waals surface area contributed by atoms with Crippen molar-refractivity contribution < 1.29 is 30.7 Å². The van der Waals surface area contributed by atoms with E-state index in [0.29, 0.717) is 3.97 Å². The summed E-state index contributed by atoms with van der Waals surface area (Å²) in [6, 6.07) is -0.922. The van der Waals surface area contributed by atoms with Gasteiger partial charge in [0.1, 0.15) is 0 Å². The Hall–Kier alpha value is -1.10. The van der Waals surface area contributed by atoms with Crippen LogP contribution < -0.4 is 10.3 Å². The zero-order chi connectivity index (χ0) is 22.8. The number of rotatable bonds is 5. The average molecular weight is 351 g/mol. The first-order valence-corrected chi connectivity index (χ1v) is 8.21. The van der Waals surface area contributed by atoms with Gasteiger partial charge >= 0.3 is 23.3 Å². The first-order valence-electron chi connectivity index (χ1n) is 9.81. The summed E-state index contributed by atoms with van der Waals surface area (Å²) in [7, 11) is -3.28. The molecule has 0 atom stereocenters. The molecular weight excluding hydrogens is 321 g/mol. The van der Waals surface area contributed by atoms with Crippen LogP contribution in [0.25, 0.3) is 0 Å². The van der Waals surface area contributed by atoms with Crippen LogP contribution in [0.5, 0.6) is 6.01 Å². The Labute approximate surface area is 146 Å². The number of hydrogen-bond acceptors (Lipinski definition) is 6. The topological polar surface area (TPSA) is 82.9 Å². The predicted octanol–water partition coefficient (Wildman–Crippen LogP) is 0.236. The van der Waals surface area contributed by atoms with E-state index in [0.717, 1.165) is 4.31 Å². The summed E-state index contributed by atoms with van der Waals surface area (Å²) in [6.07, 6.45) is -0.700. The lowest BCUT2D eigenvalue weighted by atomic mass is 9.86. The van der Waals surface area contributed by atoms with Gasteiger partial charge in [0.05, 0.1) is 27.5 Å². The maximum absolute atomic E-state index is 12.7. The molecule has 0 spiro atoms. The maximum atomic E-state index is 12.7. The van der Waals surface area contributed by atoms with E-state index in [1.54, 1.807) is 27.7 Å². The highest BCUT2D eigenvalue weighted by Gasteiger charge is 2.53. The summed E-state index contributed by atoms with van der Waals surface area (Å²) in [5, 5.41) is 0. The Kier molecular flexibility index (Phi) is 2.87. The Morgan fingerprint density at radius 2 is 2.00 bits per heavy atom. The molecule has 1 aromatic heterocycles. The molecule has 0 unspecified atom stereocenters. The third kappa shape index (κ3) is 3.12. The highest BCUT2D eigenvalue weighted by molar-refractivity contribution is 7.87. The molecule has 0 aromatic carbocycles. The fraction of sp³-hybridized carbons (Fsp3) is 0.769. The van der Waals surface area contributed by atoms with Crippen LogP contribution >= 0.6 is 0 Å². The van der Waals surface area contributed by atoms with Gasteiger partial charge in [-0.2, -0.15) is 16.7 Å². The summed E-state index contributed by atoms with van der Waals surface area (Å²) in [5.41, 5.74) is -1.92. The molecule has 1 aromatic rings. The fourth-order valence-corrected chi connectivity index (χ4v) is 2.63. The van der Waals surface area contributed by atoms with Crippen LogP contribution in [0.2, 0.25) is 0 Å². The van der Waals surface area contributed by atoms with Gasteiger partial charge < -0.3 is 14.0 Å². The smallest absolute Gasteiger partial charge is 0.464 e. The van der Waals surface area contributed by atoms with Crippen molar-refractivity contribution >= 4 is 22.9 Å². The van der Waals surface area contributed by atoms with E-state index in [4.69, 9.17) is 22.3 Å². The van der Waals surface area contributed by atoms with Gasteiger partial charge in [0.15, 0.2) is 0 Å². The quantitative estimate of drug-likeness (QED) is 0.707. The zero-order valence-electron chi connectivity index (χ0n) is 19.9. The number of aromatic nitrogens is 2. The Morgan fingerprint density at radius 3 is 2.48 bits per heavy atom. The lowest BCUT2D eigenvalue weighted by Gasteiger charge is -2.32. The molecule has 1 fully saturated rings. The minimum Gasteiger partial charge on any atom is -0.464 e. The van der Waals surface area contributed by atoms with Gasteiger partial charge in [0, 0.05) is 24.4 Å². The Balaban J connectivity index is 2.65. The van der Waals surface area contributed by atoms with Crippen molar-refractivity contribution in [1.29, 1.82) is 0 Å². The average Bonchev–Trinajstić information content (AvgIpc) is 2.91. The molecule has 0 aliphatic carbocycles. The first-order chi connectivity index (χ1) is 12.7. The molecule has 2 rings (SSSR count). The lowest BCUT2D eigenvalue weighted by Crippen LogP contribution is -2.41. The van der Waals surface area contributed by atoms with E-state index in [1.165, 1.54) is 14.1 Å². The van der Waals surface area contributed by atoms with Crippen molar-refractivity contribution in [3.63, 3.8) is 0 Å². The van der Waals surface area contributed by atoms with Crippen LogP contribution in [0, 0.1) is 0 Å². The summed E-state index contributed by atoms with van der Waals surface area (Å²) in [4.78, 5) is 3.88. The normalized spacial score (nSPS) is 25.3. The monoisotopic (exact) mass is 351 g/mol. The fourth-order valence-electron chi connectivity index (χ4n) is 1.82. The van der Waals surface area contributed by atoms with Crippen LogP contribution in [0.1, 0.15) is 42.8 Å². The highest BCUT2D eigenvalue weighted by atomic mass is 32.2. The predicted molar refractivity (Wildman–Crippen MR) is 87.1 cm³/mol. The number of nitrogens with zero attached hydrogens (tertiary/aromatic N) is 3. The van der Waals surface area contributed by atoms with E-state index in [-0.39, 0.29) is 5.59 Å². The van der Waals surface area contributed by atoms with E-state index in [2.05, 4.69) is 4.98 Å². The second-order valence-electron chi connectivity index (χ2n) is 6.24. The molecule has 10 heteroatoms. The molecule has 0 saturated carbocycles. The molecule has 23 heavy (non-hydrogen) atoms. The van der Waals surface area contributed by atoms with E-state index >= 15 is 0 Å². The van der Waals surface area contributed by atoms with Gasteiger partial charge in [-0.1, -0.05) is 0 Å². The van der Waals surface area contributed by atoms with E-state index in [9.17, 15) is 8.42 Å². The molecule has 8 nitrogen and oxygen atoms in total. The molecular formula is C13H24BN3O5S. The van der Waals surface area contributed by atoms with Crippen LogP contribution in [0.15, 0.2) is 6.17 Å². The van der Waals surface area contributed by atoms with Crippen LogP contribution in [-0.2, 0) is 19.5 Å². The molecule has 0 amide bonds. The van der Waals surface area contributed by atoms with Crippen molar-refractivity contribution in [1.82, 2.24) is 13.3 Å². The summed E-state index contributed by atoms with van der Waals surface area (Å²) >= 11 is 0. The standard InChI is InChI=1S/C13H24BN3O5S/c1-8-20-11-15-10(9-17(11)23(18,19)16(6)7)14-21-12(2,3)13(4,5)22-14/h9H,8H2,1-7H3/i1D3,8D2,9D. The lowest BCUT2D eigenvalue weighted by molar-refractivity contribution is 0.00578. The van der Waals surface area contributed by atoms with Crippen molar-refractivity contribution in [3.05, 3.63) is 6.17 Å². The van der Waals surface area contributed by atoms with Crippen molar-refractivity contribution in [2.24, 2.45) is 0 Å². The SMILES string of the molecule is [2H]c1c(B2OC(C)(C)C(C)(C)O2)nc(OC([2H])([2H])C([2H])([2H])[2H])n1S(=O)(=O)N(C)C. The second kappa shape index (κ2) is 5.76. The summed E-state index contributed by atoms with van der Waals surface area (Å²) in [6.45, 7) is 0.476. The minimum atomic E-state index is -4.41. The van der Waals surface area contributed by atoms with Gasteiger partial charge in [0.25, 0.3) is 0 Å². The molecule has 130 valence electrons. The van der Waals surface area contributed by atoms with Crippen molar-refractivity contribution in [2.45, 2.75) is 45.7 Å². The molecule has 2 heterocycles. The summed E-state index contributed by atoms with van der Waals surface area (Å²) < 4.78 is 88.2. The van der Waals surface area contributed by atoms with E-state index < -0.39 is 54.1 Å². The molecule has 0 N–H and O–H groups in total. The molecule has 0 bridgehead atoms. The Morgan fingerprint density at radius 1 is 1.43 bits per heavy atom. The zero-order valence-corrected chi connectivity index (χ0v) is 14.7. The van der Waals surface area contributed by atoms with Gasteiger partial charge in [0.2, 0.25) is 0 Å². The summed E-state index contributed by atoms with van der Waals surface area (Å²) in [5.74, 6) is 0. The third-order valence-electron chi connectivity index (χ3n) is 3.92. The Bertz CT molecular complexity index is 883. The van der Waals surface area contributed by atoms with Gasteiger partial charge in [-0.3, -0.25) is 0 Å². The van der Waals surface area contributed by atoms with Crippen LogP contribution in [0.3, 0.4) is 0 Å². The molecule has 1 saturated heterocycles. The maximum Gasteiger partial charge on any atom is 0.516 e. The number of imidazole rings is 1.